The molecule has 1 atom stereocenters. The van der Waals surface area contributed by atoms with E-state index >= 15 is 0 Å². The summed E-state index contributed by atoms with van der Waals surface area (Å²) in [6, 6.07) is 10.5. The van der Waals surface area contributed by atoms with Gasteiger partial charge in [0, 0.05) is 31.9 Å². The zero-order valence-electron chi connectivity index (χ0n) is 14.5. The van der Waals surface area contributed by atoms with E-state index in [4.69, 9.17) is 17.0 Å². The first-order valence-corrected chi connectivity index (χ1v) is 9.34. The second-order valence-corrected chi connectivity index (χ2v) is 7.24. The van der Waals surface area contributed by atoms with Crippen molar-refractivity contribution in [3.63, 3.8) is 0 Å². The smallest absolute Gasteiger partial charge is 0.244 e. The molecule has 0 saturated carbocycles. The van der Waals surface area contributed by atoms with Crippen molar-refractivity contribution >= 4 is 40.5 Å². The first-order chi connectivity index (χ1) is 12.6. The molecule has 134 valence electrons. The number of anilines is 1. The van der Waals surface area contributed by atoms with Crippen molar-refractivity contribution in [2.24, 2.45) is 4.99 Å². The molecule has 0 spiro atoms. The van der Waals surface area contributed by atoms with E-state index < -0.39 is 6.04 Å². The zero-order chi connectivity index (χ0) is 18.5. The van der Waals surface area contributed by atoms with Crippen molar-refractivity contribution in [3.05, 3.63) is 71.1 Å². The molecule has 0 amide bonds. The van der Waals surface area contributed by atoms with Gasteiger partial charge in [-0.05, 0) is 28.6 Å². The van der Waals surface area contributed by atoms with Crippen molar-refractivity contribution < 1.29 is 13.8 Å². The molecule has 7 heteroatoms. The topological polar surface area (TPSA) is 49.7 Å². The summed E-state index contributed by atoms with van der Waals surface area (Å²) in [5, 5.41) is 2.22. The first-order valence-electron chi connectivity index (χ1n) is 8.06. The fraction of sp³-hybridized carbons (Fsp3) is 0.211. The quantitative estimate of drug-likeness (QED) is 0.206. The Morgan fingerprint density at radius 3 is 2.62 bits per heavy atom. The lowest BCUT2D eigenvalue weighted by atomic mass is 10.1. The Bertz CT molecular complexity index is 870. The highest BCUT2D eigenvalue weighted by molar-refractivity contribution is 7.77. The second-order valence-electron chi connectivity index (χ2n) is 5.88. The molecule has 0 radical (unpaired) electrons. The second kappa shape index (κ2) is 8.25. The van der Waals surface area contributed by atoms with Crippen LogP contribution in [0.25, 0.3) is 0 Å². The average Bonchev–Trinajstić information content (AvgIpc) is 3.34. The van der Waals surface area contributed by atoms with E-state index in [1.807, 2.05) is 71.7 Å². The summed E-state index contributed by atoms with van der Waals surface area (Å²) in [7, 11) is 3.94. The zero-order valence-corrected chi connectivity index (χ0v) is 16.2. The number of ketones is 1. The Balaban J connectivity index is 1.93. The van der Waals surface area contributed by atoms with E-state index in [1.54, 1.807) is 12.3 Å². The molecule has 3 rings (SSSR count). The molecule has 3 aromatic rings. The van der Waals surface area contributed by atoms with Crippen LogP contribution in [-0.2, 0) is 19.2 Å². The van der Waals surface area contributed by atoms with Gasteiger partial charge in [0.05, 0.1) is 17.7 Å². The number of carbonyl (C=O) groups is 1. The number of pyridine rings is 1. The third kappa shape index (κ3) is 4.17. The summed E-state index contributed by atoms with van der Waals surface area (Å²) in [6.07, 6.45) is 5.32. The van der Waals surface area contributed by atoms with Gasteiger partial charge in [-0.1, -0.05) is 6.07 Å². The van der Waals surface area contributed by atoms with Crippen LogP contribution in [0, 0.1) is 0 Å². The number of hydrogen-bond donors (Lipinski definition) is 0. The molecular weight excluding hydrogens is 366 g/mol. The largest absolute Gasteiger partial charge is 0.758 e. The minimum Gasteiger partial charge on any atom is -0.758 e. The Morgan fingerprint density at radius 1 is 1.27 bits per heavy atom. The molecule has 0 aliphatic heterocycles. The minimum absolute atomic E-state index is 0.0594. The van der Waals surface area contributed by atoms with Crippen molar-refractivity contribution in [2.45, 2.75) is 12.6 Å². The van der Waals surface area contributed by atoms with Crippen molar-refractivity contribution in [2.75, 3.05) is 19.0 Å². The van der Waals surface area contributed by atoms with Crippen LogP contribution in [0.4, 0.5) is 5.69 Å². The lowest BCUT2D eigenvalue weighted by molar-refractivity contribution is -0.691. The van der Waals surface area contributed by atoms with Crippen LogP contribution in [0.1, 0.15) is 21.5 Å². The van der Waals surface area contributed by atoms with Crippen molar-refractivity contribution in [1.82, 2.24) is 0 Å². The van der Waals surface area contributed by atoms with E-state index in [0.717, 1.165) is 5.69 Å². The van der Waals surface area contributed by atoms with Gasteiger partial charge in [-0.25, -0.2) is 0 Å². The fourth-order valence-corrected chi connectivity index (χ4v) is 3.46. The highest BCUT2D eigenvalue weighted by atomic mass is 32.1. The van der Waals surface area contributed by atoms with Crippen LogP contribution in [0.3, 0.4) is 0 Å². The lowest BCUT2D eigenvalue weighted by Crippen LogP contribution is -2.47. The summed E-state index contributed by atoms with van der Waals surface area (Å²) in [5.41, 5.74) is 1.04. The highest BCUT2D eigenvalue weighted by Crippen LogP contribution is 2.18. The number of thiophene rings is 1. The summed E-state index contributed by atoms with van der Waals surface area (Å²) in [4.78, 5) is 20.1. The molecule has 0 aromatic carbocycles. The normalized spacial score (nSPS) is 12.8. The SMILES string of the molecule is CN(C)c1cc[n+]([C@@H](C(=O)c2cccs2)C([S-])=NCc2ccco2)cc1. The highest BCUT2D eigenvalue weighted by Gasteiger charge is 2.29. The fourth-order valence-electron chi connectivity index (χ4n) is 2.47. The van der Waals surface area contributed by atoms with Gasteiger partial charge >= 0.3 is 0 Å². The number of aliphatic imine (C=N–C) groups is 1. The number of nitrogens with zero attached hydrogens (tertiary/aromatic N) is 3. The van der Waals surface area contributed by atoms with Gasteiger partial charge in [0.25, 0.3) is 0 Å². The third-order valence-corrected chi connectivity index (χ3v) is 5.10. The van der Waals surface area contributed by atoms with Crippen LogP contribution in [-0.4, -0.2) is 24.9 Å². The van der Waals surface area contributed by atoms with Gasteiger partial charge in [0.2, 0.25) is 11.8 Å². The Morgan fingerprint density at radius 2 is 2.04 bits per heavy atom. The molecule has 0 aliphatic rings. The number of carbonyl (C=O) groups excluding carboxylic acids is 1. The standard InChI is InChI=1S/C19H19N3O2S2/c1-21(2)14-7-9-22(10-8-14)17(18(23)16-6-4-12-26-16)19(25)20-13-15-5-3-11-24-15/h3-12,17H,13H2,1-2H3/t17-/m0/s1. The van der Waals surface area contributed by atoms with E-state index in [0.29, 0.717) is 22.2 Å². The van der Waals surface area contributed by atoms with Crippen LogP contribution >= 0.6 is 11.3 Å². The Labute approximate surface area is 162 Å². The molecule has 26 heavy (non-hydrogen) atoms. The number of Topliss-reactive ketones (excluding diaryl/α,β-unsaturated/α-hetero) is 1. The molecule has 0 aliphatic carbocycles. The number of furan rings is 1. The summed E-state index contributed by atoms with van der Waals surface area (Å²) in [6.45, 7) is 0.316. The number of aromatic nitrogens is 1. The molecule has 3 heterocycles. The third-order valence-electron chi connectivity index (χ3n) is 3.87. The van der Waals surface area contributed by atoms with E-state index in [-0.39, 0.29) is 5.78 Å². The molecule has 0 unspecified atom stereocenters. The lowest BCUT2D eigenvalue weighted by Gasteiger charge is -2.19. The van der Waals surface area contributed by atoms with Crippen LogP contribution in [0.15, 0.2) is 69.8 Å². The van der Waals surface area contributed by atoms with Gasteiger partial charge in [-0.2, -0.15) is 4.57 Å². The monoisotopic (exact) mass is 385 g/mol. The maximum Gasteiger partial charge on any atom is 0.244 e. The molecular formula is C19H19N3O2S2. The van der Waals surface area contributed by atoms with E-state index in [9.17, 15) is 4.79 Å². The van der Waals surface area contributed by atoms with Gasteiger partial charge in [-0.3, -0.25) is 4.79 Å². The van der Waals surface area contributed by atoms with Crippen molar-refractivity contribution in [3.8, 4) is 0 Å². The predicted molar refractivity (Wildman–Crippen MR) is 106 cm³/mol. The number of rotatable bonds is 7. The predicted octanol–water partition coefficient (Wildman–Crippen LogP) is 3.26. The maximum atomic E-state index is 13.0. The van der Waals surface area contributed by atoms with Crippen LogP contribution in [0.2, 0.25) is 0 Å². The van der Waals surface area contributed by atoms with E-state index in [1.165, 1.54) is 11.3 Å². The Hall–Kier alpha value is -2.51. The Kier molecular flexibility index (Phi) is 5.80. The van der Waals surface area contributed by atoms with Gasteiger partial charge in [0.15, 0.2) is 12.4 Å². The van der Waals surface area contributed by atoms with Gasteiger partial charge < -0.3 is 26.9 Å². The summed E-state index contributed by atoms with van der Waals surface area (Å²) in [5.74, 6) is 0.651. The van der Waals surface area contributed by atoms with Crippen molar-refractivity contribution in [1.29, 1.82) is 0 Å². The molecule has 0 bridgehead atoms. The molecule has 0 N–H and O–H groups in total. The van der Waals surface area contributed by atoms with Gasteiger partial charge in [-0.15, -0.1) is 11.3 Å². The molecule has 5 nitrogen and oxygen atoms in total. The number of hydrogen-bond acceptors (Lipinski definition) is 6. The first kappa shape index (κ1) is 18.3. The molecule has 0 fully saturated rings. The van der Waals surface area contributed by atoms with E-state index in [2.05, 4.69) is 4.99 Å². The van der Waals surface area contributed by atoms with Crippen LogP contribution in [0.5, 0.6) is 0 Å². The molecule has 0 saturated heterocycles. The van der Waals surface area contributed by atoms with Crippen LogP contribution < -0.4 is 9.47 Å². The average molecular weight is 386 g/mol. The minimum atomic E-state index is -0.658. The summed E-state index contributed by atoms with van der Waals surface area (Å²) >= 11 is 6.91. The maximum absolute atomic E-state index is 13.0. The molecule has 3 aromatic heterocycles. The van der Waals surface area contributed by atoms with Gasteiger partial charge in [0.1, 0.15) is 5.76 Å². The summed E-state index contributed by atoms with van der Waals surface area (Å²) < 4.78 is 7.10.